The second-order valence-corrected chi connectivity index (χ2v) is 7.84. The van der Waals surface area contributed by atoms with Crippen molar-refractivity contribution in [3.05, 3.63) is 0 Å². The molecule has 0 radical (unpaired) electrons. The van der Waals surface area contributed by atoms with Gasteiger partial charge in [-0.1, -0.05) is 0 Å². The van der Waals surface area contributed by atoms with Crippen molar-refractivity contribution in [2.75, 3.05) is 78.5 Å². The Bertz CT molecular complexity index is 731. The van der Waals surface area contributed by atoms with Crippen LogP contribution in [0.4, 0.5) is 0 Å². The van der Waals surface area contributed by atoms with Gasteiger partial charge in [0.1, 0.15) is 0 Å². The molecule has 0 unspecified atom stereocenters. The van der Waals surface area contributed by atoms with Crippen LogP contribution in [0.15, 0.2) is 0 Å². The van der Waals surface area contributed by atoms with E-state index in [0.29, 0.717) is 0 Å². The Hall–Kier alpha value is 2.60. The maximum absolute atomic E-state index is 10.5. The summed E-state index contributed by atoms with van der Waals surface area (Å²) < 4.78 is 0. The molecule has 47 heavy (non-hydrogen) atoms. The zero-order valence-corrected chi connectivity index (χ0v) is 41.8. The van der Waals surface area contributed by atoms with Crippen LogP contribution in [-0.2, 0) is 38.4 Å². The van der Waals surface area contributed by atoms with Crippen molar-refractivity contribution in [3.63, 3.8) is 0 Å². The van der Waals surface area contributed by atoms with Crippen LogP contribution in [0.1, 0.15) is 0 Å². The third-order valence-electron chi connectivity index (χ3n) is 4.29. The van der Waals surface area contributed by atoms with E-state index in [1.807, 2.05) is 0 Å². The Morgan fingerprint density at radius 1 is 0.319 bits per heavy atom. The summed E-state index contributed by atoms with van der Waals surface area (Å²) in [7, 11) is 0. The molecule has 1 N–H and O–H groups in total. The van der Waals surface area contributed by atoms with E-state index in [0.717, 1.165) is 19.6 Å². The van der Waals surface area contributed by atoms with Crippen LogP contribution in [0.25, 0.3) is 0 Å². The SMILES string of the molecule is O=C([O-])CN(CCN(CC(=O)[O-])CC(=O)O)CC(=O)[O-].O=C([O-])CN(CCN(CC(=O)[O-])CC(=O)[O-])CC(=O)[O-].[Na+].[Na+].[Na+].[Na+].[Na+].[Na+].[Na+]. The number of hydrogen-bond acceptors (Lipinski definition) is 19. The first kappa shape index (κ1) is 71.1. The summed E-state index contributed by atoms with van der Waals surface area (Å²) in [6.45, 7) is -6.25. The molecule has 0 aliphatic rings. The van der Waals surface area contributed by atoms with E-state index in [1.165, 1.54) is 0 Å². The fourth-order valence-electron chi connectivity index (χ4n) is 2.89. The smallest absolute Gasteiger partial charge is 0.549 e. The molecule has 0 heterocycles. The Kier molecular flexibility index (Phi) is 65.0. The summed E-state index contributed by atoms with van der Waals surface area (Å²) in [4.78, 5) is 87.1. The topological polar surface area (TPSA) is 331 Å². The number of nitrogens with zero attached hydrogens (tertiary/aromatic N) is 4. The van der Waals surface area contributed by atoms with Gasteiger partial charge in [-0.05, 0) is 0 Å². The van der Waals surface area contributed by atoms with Gasteiger partial charge < -0.3 is 74.4 Å². The molecule has 0 aliphatic carbocycles. The minimum absolute atomic E-state index is 0. The summed E-state index contributed by atoms with van der Waals surface area (Å²) in [6.07, 6.45) is 0. The maximum atomic E-state index is 10.5. The molecule has 0 aliphatic heterocycles. The number of carboxylic acids is 8. The van der Waals surface area contributed by atoms with Crippen LogP contribution < -0.4 is 243 Å². The standard InChI is InChI=1S/2C10H16N2O8.7Na/c2*13-7(14)3-11(4-8(15)16)1-2-12(5-9(17)18)6-10(19)20;;;;;;;/h2*1-6H2,(H,13,14)(H,15,16)(H,17,18)(H,19,20);;;;;;;/q;;7*+1/p-7. The Labute approximate surface area is 424 Å². The van der Waals surface area contributed by atoms with Crippen molar-refractivity contribution in [1.82, 2.24) is 19.6 Å². The summed E-state index contributed by atoms with van der Waals surface area (Å²) in [5.41, 5.74) is 0. The van der Waals surface area contributed by atoms with Crippen LogP contribution in [-0.4, -0.2) is 151 Å². The van der Waals surface area contributed by atoms with E-state index < -0.39 is 100 Å². The van der Waals surface area contributed by atoms with Gasteiger partial charge in [0, 0.05) is 72.0 Å². The zero-order valence-electron chi connectivity index (χ0n) is 27.8. The Morgan fingerprint density at radius 3 is 0.553 bits per heavy atom. The van der Waals surface area contributed by atoms with E-state index in [-0.39, 0.29) is 233 Å². The van der Waals surface area contributed by atoms with E-state index in [1.54, 1.807) is 0 Å². The normalized spacial score (nSPS) is 9.11. The number of rotatable bonds is 22. The second-order valence-electron chi connectivity index (χ2n) is 7.84. The molecule has 0 rings (SSSR count). The van der Waals surface area contributed by atoms with E-state index in [9.17, 15) is 74.1 Å². The third-order valence-corrected chi connectivity index (χ3v) is 4.29. The first-order valence-corrected chi connectivity index (χ1v) is 10.9. The van der Waals surface area contributed by atoms with Crippen molar-refractivity contribution in [3.8, 4) is 0 Å². The molecule has 0 saturated carbocycles. The molecule has 0 bridgehead atoms. The molecule has 228 valence electrons. The van der Waals surface area contributed by atoms with Crippen molar-refractivity contribution in [2.24, 2.45) is 0 Å². The number of aliphatic carboxylic acids is 8. The van der Waals surface area contributed by atoms with Crippen LogP contribution in [0.2, 0.25) is 0 Å². The van der Waals surface area contributed by atoms with Gasteiger partial charge in [0.25, 0.3) is 0 Å². The fraction of sp³-hybridized carbons (Fsp3) is 0.600. The van der Waals surface area contributed by atoms with Crippen molar-refractivity contribution < 1.29 is 286 Å². The van der Waals surface area contributed by atoms with Crippen molar-refractivity contribution in [2.45, 2.75) is 0 Å². The molecule has 20 nitrogen and oxygen atoms in total. The number of carbonyl (C=O) groups is 8. The molecule has 0 aromatic heterocycles. The molecular formula is C20H25N4Na7O16. The molecule has 0 atom stereocenters. The van der Waals surface area contributed by atoms with Crippen LogP contribution in [0.3, 0.4) is 0 Å². The number of hydrogen-bond donors (Lipinski definition) is 1. The molecule has 0 fully saturated rings. The van der Waals surface area contributed by atoms with Gasteiger partial charge in [0.05, 0.1) is 48.3 Å². The Morgan fingerprint density at radius 2 is 0.447 bits per heavy atom. The third kappa shape index (κ3) is 53.1. The largest absolute Gasteiger partial charge is 1.00 e. The van der Waals surface area contributed by atoms with Crippen molar-refractivity contribution in [1.29, 1.82) is 0 Å². The maximum Gasteiger partial charge on any atom is 1.00 e. The van der Waals surface area contributed by atoms with Gasteiger partial charge in [-0.2, -0.15) is 0 Å². The molecule has 0 aromatic carbocycles. The molecule has 0 saturated heterocycles. The predicted molar refractivity (Wildman–Crippen MR) is 108 cm³/mol. The summed E-state index contributed by atoms with van der Waals surface area (Å²) in [5.74, 6) is -11.9. The Balaban J connectivity index is -0.0000000764. The van der Waals surface area contributed by atoms with Gasteiger partial charge in [-0.3, -0.25) is 24.4 Å². The summed E-state index contributed by atoms with van der Waals surface area (Å²) in [6, 6.07) is 0. The average Bonchev–Trinajstić information content (AvgIpc) is 2.72. The van der Waals surface area contributed by atoms with E-state index in [2.05, 4.69) is 0 Å². The molecule has 0 aromatic rings. The van der Waals surface area contributed by atoms with E-state index in [4.69, 9.17) is 5.11 Å². The quantitative estimate of drug-likeness (QED) is 0.101. The molecule has 0 amide bonds. The first-order valence-electron chi connectivity index (χ1n) is 10.9. The number of carboxylic acid groups (broad SMARTS) is 8. The first-order chi connectivity index (χ1) is 18.4. The molecule has 27 heteroatoms. The number of carbonyl (C=O) groups excluding carboxylic acids is 7. The van der Waals surface area contributed by atoms with Crippen molar-refractivity contribution >= 4 is 47.8 Å². The van der Waals surface area contributed by atoms with Crippen LogP contribution in [0.5, 0.6) is 0 Å². The molecule has 0 spiro atoms. The van der Waals surface area contributed by atoms with Gasteiger partial charge in [-0.25, -0.2) is 0 Å². The zero-order chi connectivity index (χ0) is 31.4. The molecular weight excluding hydrogens is 713 g/mol. The average molecular weight is 738 g/mol. The van der Waals surface area contributed by atoms with Crippen LogP contribution in [0, 0.1) is 0 Å². The van der Waals surface area contributed by atoms with E-state index >= 15 is 0 Å². The van der Waals surface area contributed by atoms with Gasteiger partial charge in [0.15, 0.2) is 0 Å². The summed E-state index contributed by atoms with van der Waals surface area (Å²) >= 11 is 0. The monoisotopic (exact) mass is 738 g/mol. The predicted octanol–water partition coefficient (Wildman–Crippen LogP) is -34.5. The fourth-order valence-corrected chi connectivity index (χ4v) is 2.89. The van der Waals surface area contributed by atoms with Crippen LogP contribution >= 0.6 is 0 Å². The van der Waals surface area contributed by atoms with Gasteiger partial charge in [-0.15, -0.1) is 0 Å². The minimum atomic E-state index is -1.53. The van der Waals surface area contributed by atoms with Gasteiger partial charge >= 0.3 is 213 Å². The second kappa shape index (κ2) is 43.0. The minimum Gasteiger partial charge on any atom is -0.549 e. The van der Waals surface area contributed by atoms with Gasteiger partial charge in [0.2, 0.25) is 0 Å². The summed E-state index contributed by atoms with van der Waals surface area (Å²) in [5, 5.41) is 81.4.